The molecule has 0 heterocycles. The molecule has 2 N–H and O–H groups in total. The van der Waals surface area contributed by atoms with Crippen LogP contribution >= 0.6 is 0 Å². The molecule has 0 unspecified atom stereocenters. The standard InChI is InChI=1S/C22H23F3N2O4/c1-14-9-10-15(2)18(11-14)27-19(28)7-4-8-21(30)31-13-20(29)26-17-6-3-5-16(12-17)22(23,24)25/h3,5-6,9-12H,4,7-8,13H2,1-2H3,(H,26,29)(H,27,28). The van der Waals surface area contributed by atoms with E-state index in [1.54, 1.807) is 0 Å². The van der Waals surface area contributed by atoms with E-state index >= 15 is 0 Å². The third kappa shape index (κ3) is 8.12. The summed E-state index contributed by atoms with van der Waals surface area (Å²) in [5.74, 6) is -1.69. The molecule has 0 aromatic heterocycles. The Kier molecular flexibility index (Phi) is 8.18. The summed E-state index contributed by atoms with van der Waals surface area (Å²) < 4.78 is 42.9. The maximum absolute atomic E-state index is 12.7. The molecule has 2 rings (SSSR count). The van der Waals surface area contributed by atoms with Crippen LogP contribution in [0.3, 0.4) is 0 Å². The fraction of sp³-hybridized carbons (Fsp3) is 0.318. The molecule has 0 saturated carbocycles. The van der Waals surface area contributed by atoms with Crippen molar-refractivity contribution in [3.05, 3.63) is 59.2 Å². The number of ether oxygens (including phenoxy) is 1. The third-order valence-electron chi connectivity index (χ3n) is 4.29. The van der Waals surface area contributed by atoms with E-state index in [1.165, 1.54) is 6.07 Å². The quantitative estimate of drug-likeness (QED) is 0.592. The Morgan fingerprint density at radius 2 is 1.68 bits per heavy atom. The minimum absolute atomic E-state index is 0.0565. The summed E-state index contributed by atoms with van der Waals surface area (Å²) in [5, 5.41) is 5.02. The van der Waals surface area contributed by atoms with Crippen molar-refractivity contribution in [3.63, 3.8) is 0 Å². The number of benzene rings is 2. The molecule has 0 aliphatic rings. The molecular formula is C22H23F3N2O4. The first-order valence-corrected chi connectivity index (χ1v) is 9.54. The third-order valence-corrected chi connectivity index (χ3v) is 4.29. The van der Waals surface area contributed by atoms with Crippen LogP contribution in [-0.2, 0) is 25.3 Å². The molecule has 9 heteroatoms. The summed E-state index contributed by atoms with van der Waals surface area (Å²) in [4.78, 5) is 35.5. The highest BCUT2D eigenvalue weighted by Gasteiger charge is 2.30. The number of anilines is 2. The lowest BCUT2D eigenvalue weighted by Crippen LogP contribution is -2.21. The molecule has 0 spiro atoms. The number of halogens is 3. The minimum Gasteiger partial charge on any atom is -0.456 e. The lowest BCUT2D eigenvalue weighted by atomic mass is 10.1. The summed E-state index contributed by atoms with van der Waals surface area (Å²) in [6, 6.07) is 9.80. The molecule has 2 amide bonds. The van der Waals surface area contributed by atoms with Gasteiger partial charge in [0.15, 0.2) is 6.61 Å². The van der Waals surface area contributed by atoms with Gasteiger partial charge in [-0.05, 0) is 55.7 Å². The number of nitrogens with one attached hydrogen (secondary N) is 2. The van der Waals surface area contributed by atoms with E-state index in [9.17, 15) is 27.6 Å². The predicted octanol–water partition coefficient (Wildman–Crippen LogP) is 4.61. The average molecular weight is 436 g/mol. The van der Waals surface area contributed by atoms with Gasteiger partial charge in [0.1, 0.15) is 0 Å². The van der Waals surface area contributed by atoms with Gasteiger partial charge >= 0.3 is 12.1 Å². The van der Waals surface area contributed by atoms with Crippen LogP contribution in [0, 0.1) is 13.8 Å². The monoisotopic (exact) mass is 436 g/mol. The van der Waals surface area contributed by atoms with E-state index in [1.807, 2.05) is 32.0 Å². The van der Waals surface area contributed by atoms with Crippen molar-refractivity contribution in [2.45, 2.75) is 39.3 Å². The van der Waals surface area contributed by atoms with Gasteiger partial charge in [-0.3, -0.25) is 14.4 Å². The van der Waals surface area contributed by atoms with Gasteiger partial charge < -0.3 is 15.4 Å². The summed E-state index contributed by atoms with van der Waals surface area (Å²) >= 11 is 0. The highest BCUT2D eigenvalue weighted by molar-refractivity contribution is 5.93. The van der Waals surface area contributed by atoms with E-state index in [4.69, 9.17) is 4.74 Å². The number of carbonyl (C=O) groups is 3. The van der Waals surface area contributed by atoms with E-state index in [0.717, 1.165) is 29.3 Å². The Morgan fingerprint density at radius 3 is 2.39 bits per heavy atom. The van der Waals surface area contributed by atoms with Crippen molar-refractivity contribution in [2.75, 3.05) is 17.2 Å². The van der Waals surface area contributed by atoms with E-state index < -0.39 is 30.2 Å². The number of amides is 2. The molecule has 0 bridgehead atoms. The second kappa shape index (κ2) is 10.6. The molecule has 0 aliphatic heterocycles. The number of hydrogen-bond acceptors (Lipinski definition) is 4. The van der Waals surface area contributed by atoms with Gasteiger partial charge in [0.2, 0.25) is 5.91 Å². The Bertz CT molecular complexity index is 958. The Balaban J connectivity index is 1.70. The zero-order valence-electron chi connectivity index (χ0n) is 17.1. The minimum atomic E-state index is -4.53. The summed E-state index contributed by atoms with van der Waals surface area (Å²) in [6.07, 6.45) is -4.28. The van der Waals surface area contributed by atoms with Crippen LogP contribution in [0.15, 0.2) is 42.5 Å². The van der Waals surface area contributed by atoms with Crippen molar-refractivity contribution in [3.8, 4) is 0 Å². The molecule has 6 nitrogen and oxygen atoms in total. The fourth-order valence-corrected chi connectivity index (χ4v) is 2.67. The molecule has 0 atom stereocenters. The fourth-order valence-electron chi connectivity index (χ4n) is 2.67. The number of rotatable bonds is 8. The van der Waals surface area contributed by atoms with Gasteiger partial charge in [-0.25, -0.2) is 0 Å². The van der Waals surface area contributed by atoms with Gasteiger partial charge in [-0.1, -0.05) is 18.2 Å². The van der Waals surface area contributed by atoms with E-state index in [0.29, 0.717) is 5.69 Å². The van der Waals surface area contributed by atoms with Gasteiger partial charge in [-0.15, -0.1) is 0 Å². The van der Waals surface area contributed by atoms with Crippen LogP contribution in [0.25, 0.3) is 0 Å². The predicted molar refractivity (Wildman–Crippen MR) is 109 cm³/mol. The Morgan fingerprint density at radius 1 is 0.935 bits per heavy atom. The average Bonchev–Trinajstić information content (AvgIpc) is 2.69. The maximum atomic E-state index is 12.7. The smallest absolute Gasteiger partial charge is 0.416 e. The largest absolute Gasteiger partial charge is 0.456 e. The number of aryl methyl sites for hydroxylation is 2. The van der Waals surface area contributed by atoms with E-state index in [2.05, 4.69) is 10.6 Å². The molecule has 166 valence electrons. The molecular weight excluding hydrogens is 413 g/mol. The first-order chi connectivity index (χ1) is 14.5. The summed E-state index contributed by atoms with van der Waals surface area (Å²) in [7, 11) is 0. The zero-order valence-corrected chi connectivity index (χ0v) is 17.1. The topological polar surface area (TPSA) is 84.5 Å². The number of hydrogen-bond donors (Lipinski definition) is 2. The van der Waals surface area contributed by atoms with Crippen molar-refractivity contribution in [1.82, 2.24) is 0 Å². The van der Waals surface area contributed by atoms with Crippen molar-refractivity contribution < 1.29 is 32.3 Å². The summed E-state index contributed by atoms with van der Waals surface area (Å²) in [5.41, 5.74) is 1.68. The maximum Gasteiger partial charge on any atom is 0.416 e. The molecule has 0 aliphatic carbocycles. The van der Waals surface area contributed by atoms with Gasteiger partial charge in [0, 0.05) is 24.2 Å². The molecule has 2 aromatic carbocycles. The molecule has 0 radical (unpaired) electrons. The van der Waals surface area contributed by atoms with Crippen molar-refractivity contribution in [2.24, 2.45) is 0 Å². The first-order valence-electron chi connectivity index (χ1n) is 9.54. The van der Waals surface area contributed by atoms with Crippen LogP contribution in [0.1, 0.15) is 36.0 Å². The van der Waals surface area contributed by atoms with Crippen LogP contribution < -0.4 is 10.6 Å². The highest BCUT2D eigenvalue weighted by atomic mass is 19.4. The van der Waals surface area contributed by atoms with Crippen LogP contribution in [0.4, 0.5) is 24.5 Å². The molecule has 0 saturated heterocycles. The van der Waals surface area contributed by atoms with Crippen LogP contribution in [0.2, 0.25) is 0 Å². The van der Waals surface area contributed by atoms with Gasteiger partial charge in [-0.2, -0.15) is 13.2 Å². The normalized spacial score (nSPS) is 11.0. The van der Waals surface area contributed by atoms with Gasteiger partial charge in [0.25, 0.3) is 5.91 Å². The van der Waals surface area contributed by atoms with E-state index in [-0.39, 0.29) is 30.9 Å². The highest BCUT2D eigenvalue weighted by Crippen LogP contribution is 2.30. The Hall–Kier alpha value is -3.36. The lowest BCUT2D eigenvalue weighted by molar-refractivity contribution is -0.147. The van der Waals surface area contributed by atoms with Crippen LogP contribution in [-0.4, -0.2) is 24.4 Å². The second-order valence-electron chi connectivity index (χ2n) is 7.01. The molecule has 2 aromatic rings. The lowest BCUT2D eigenvalue weighted by Gasteiger charge is -2.10. The zero-order chi connectivity index (χ0) is 23.0. The Labute approximate surface area is 177 Å². The van der Waals surface area contributed by atoms with Crippen molar-refractivity contribution >= 4 is 29.2 Å². The summed E-state index contributed by atoms with van der Waals surface area (Å²) in [6.45, 7) is 3.15. The molecule has 31 heavy (non-hydrogen) atoms. The first kappa shape index (κ1) is 23.9. The number of esters is 1. The van der Waals surface area contributed by atoms with Crippen LogP contribution in [0.5, 0.6) is 0 Å². The number of carbonyl (C=O) groups excluding carboxylic acids is 3. The molecule has 0 fully saturated rings. The van der Waals surface area contributed by atoms with Gasteiger partial charge in [0.05, 0.1) is 5.56 Å². The second-order valence-corrected chi connectivity index (χ2v) is 7.01. The SMILES string of the molecule is Cc1ccc(C)c(NC(=O)CCCC(=O)OCC(=O)Nc2cccc(C(F)(F)F)c2)c1. The van der Waals surface area contributed by atoms with Crippen molar-refractivity contribution in [1.29, 1.82) is 0 Å². The number of alkyl halides is 3.